The third-order valence-electron chi connectivity index (χ3n) is 16.7. The van der Waals surface area contributed by atoms with E-state index in [1.54, 1.807) is 0 Å². The van der Waals surface area contributed by atoms with Gasteiger partial charge in [-0.15, -0.1) is 0 Å². The number of hydrogen-bond donors (Lipinski definition) is 3. The zero-order valence-corrected chi connectivity index (χ0v) is 60.6. The van der Waals surface area contributed by atoms with E-state index in [0.717, 1.165) is 108 Å². The summed E-state index contributed by atoms with van der Waals surface area (Å²) in [5.74, 6) is 0.822. The number of aliphatic hydroxyl groups is 1. The van der Waals surface area contributed by atoms with Crippen molar-refractivity contribution in [2.45, 2.75) is 369 Å². The van der Waals surface area contributed by atoms with E-state index in [9.17, 15) is 43.2 Å². The van der Waals surface area contributed by atoms with Gasteiger partial charge in [-0.25, -0.2) is 9.13 Å². The van der Waals surface area contributed by atoms with Gasteiger partial charge in [0, 0.05) is 25.7 Å². The van der Waals surface area contributed by atoms with Crippen molar-refractivity contribution < 1.29 is 80.2 Å². The summed E-state index contributed by atoms with van der Waals surface area (Å²) in [5, 5.41) is 10.6. The van der Waals surface area contributed by atoms with E-state index in [0.29, 0.717) is 37.5 Å². The third kappa shape index (κ3) is 63.5. The largest absolute Gasteiger partial charge is 0.472 e. The van der Waals surface area contributed by atoms with Crippen LogP contribution in [0.4, 0.5) is 0 Å². The molecule has 0 aromatic rings. The van der Waals surface area contributed by atoms with E-state index >= 15 is 0 Å². The van der Waals surface area contributed by atoms with E-state index in [4.69, 9.17) is 37.0 Å². The molecule has 0 spiro atoms. The lowest BCUT2D eigenvalue weighted by molar-refractivity contribution is -0.161. The molecule has 534 valence electrons. The fraction of sp³-hybridized carbons (Fsp3) is 0.944. The summed E-state index contributed by atoms with van der Waals surface area (Å²) >= 11 is 0. The summed E-state index contributed by atoms with van der Waals surface area (Å²) < 4.78 is 68.2. The summed E-state index contributed by atoms with van der Waals surface area (Å²) in [4.78, 5) is 72.5. The number of ether oxygens (including phenoxy) is 4. The Labute approximate surface area is 549 Å². The van der Waals surface area contributed by atoms with Crippen molar-refractivity contribution >= 4 is 39.5 Å². The van der Waals surface area contributed by atoms with Crippen molar-refractivity contribution in [3.63, 3.8) is 0 Å². The van der Waals surface area contributed by atoms with Crippen molar-refractivity contribution in [1.82, 2.24) is 0 Å². The smallest absolute Gasteiger partial charge is 0.462 e. The number of unbranched alkanes of at least 4 members (excludes halogenated alkanes) is 33. The molecule has 4 unspecified atom stereocenters. The Morgan fingerprint density at radius 3 is 0.789 bits per heavy atom. The quantitative estimate of drug-likeness (QED) is 0.0222. The van der Waals surface area contributed by atoms with Gasteiger partial charge in [0.15, 0.2) is 12.2 Å². The third-order valence-corrected chi connectivity index (χ3v) is 18.6. The second-order valence-electron chi connectivity index (χ2n) is 27.3. The van der Waals surface area contributed by atoms with Crippen LogP contribution in [-0.4, -0.2) is 96.7 Å². The normalized spacial score (nSPS) is 14.6. The van der Waals surface area contributed by atoms with Crippen LogP contribution in [0.25, 0.3) is 0 Å². The number of rotatable bonds is 68. The number of phosphoric ester groups is 2. The predicted molar refractivity (Wildman–Crippen MR) is 363 cm³/mol. The van der Waals surface area contributed by atoms with Gasteiger partial charge in [0.1, 0.15) is 19.3 Å². The van der Waals surface area contributed by atoms with Gasteiger partial charge in [-0.2, -0.15) is 0 Å². The minimum atomic E-state index is -4.95. The molecule has 0 aromatic carbocycles. The minimum Gasteiger partial charge on any atom is -0.462 e. The fourth-order valence-corrected chi connectivity index (χ4v) is 12.2. The molecule has 17 nitrogen and oxygen atoms in total. The van der Waals surface area contributed by atoms with Gasteiger partial charge in [0.25, 0.3) is 0 Å². The summed E-state index contributed by atoms with van der Waals surface area (Å²) in [5.41, 5.74) is 0. The highest BCUT2D eigenvalue weighted by Gasteiger charge is 2.30. The lowest BCUT2D eigenvalue weighted by atomic mass is 9.99. The number of aliphatic hydroxyl groups excluding tert-OH is 1. The first-order valence-corrected chi connectivity index (χ1v) is 39.7. The average molecular weight is 1330 g/mol. The van der Waals surface area contributed by atoms with Gasteiger partial charge in [-0.05, 0) is 49.4 Å². The van der Waals surface area contributed by atoms with Gasteiger partial charge in [0.2, 0.25) is 0 Å². The van der Waals surface area contributed by atoms with E-state index in [2.05, 4.69) is 55.4 Å². The van der Waals surface area contributed by atoms with E-state index < -0.39 is 97.5 Å². The maximum atomic E-state index is 13.0. The molecule has 0 fully saturated rings. The highest BCUT2D eigenvalue weighted by Crippen LogP contribution is 2.45. The maximum Gasteiger partial charge on any atom is 0.472 e. The molecule has 0 saturated heterocycles. The fourth-order valence-electron chi connectivity index (χ4n) is 10.6. The first kappa shape index (κ1) is 88.1. The summed E-state index contributed by atoms with van der Waals surface area (Å²) in [6.45, 7) is 14.0. The molecule has 0 aliphatic carbocycles. The van der Waals surface area contributed by atoms with Crippen LogP contribution in [0.15, 0.2) is 0 Å². The minimum absolute atomic E-state index is 0.101. The molecule has 3 N–H and O–H groups in total. The molecule has 0 radical (unpaired) electrons. The van der Waals surface area contributed by atoms with Crippen LogP contribution in [0.2, 0.25) is 0 Å². The molecule has 0 heterocycles. The molecule has 19 heteroatoms. The molecule has 90 heavy (non-hydrogen) atoms. The SMILES string of the molecule is CCC(C)CCCCCCCCCCC(=O)O[C@H](COC(=O)CCCCCCCCCCCCCCCCCCC(C)C)COP(=O)(O)OCC(O)COP(=O)(O)OC[C@@H](COC(=O)CCCCCCCCCC(C)C)OC(=O)CCCCCCCCC(C)C. The molecular formula is C71H138O17P2. The summed E-state index contributed by atoms with van der Waals surface area (Å²) in [6.07, 6.45) is 43.4. The standard InChI is InChI=1S/C71H138O17P2/c1-9-64(8)50-42-34-25-20-21-27-37-45-53-70(75)87-66(57-81-68(73)51-43-35-26-19-17-15-13-11-10-12-14-16-18-23-31-39-47-61(2)3)59-85-89(77,78)83-55-65(72)56-84-90(79,80)86-60-67(88-71(76)54-46-38-30-29-33-41-49-63(6)7)58-82-69(74)52-44-36-28-22-24-32-40-48-62(4)5/h61-67,72H,9-60H2,1-8H3,(H,77,78)(H,79,80)/t64?,65?,66-,67-/m1/s1. The Hall–Kier alpha value is -1.94. The molecule has 0 aliphatic rings. The molecule has 0 amide bonds. The van der Waals surface area contributed by atoms with Gasteiger partial charge in [0.05, 0.1) is 26.4 Å². The number of esters is 4. The summed E-state index contributed by atoms with van der Waals surface area (Å²) in [7, 11) is -9.90. The molecule has 0 saturated carbocycles. The van der Waals surface area contributed by atoms with Crippen LogP contribution < -0.4 is 0 Å². The number of carbonyl (C=O) groups is 4. The zero-order valence-electron chi connectivity index (χ0n) is 58.8. The van der Waals surface area contributed by atoms with Crippen LogP contribution in [-0.2, 0) is 65.4 Å². The average Bonchev–Trinajstić information content (AvgIpc) is 2.89. The first-order valence-electron chi connectivity index (χ1n) is 36.7. The predicted octanol–water partition coefficient (Wildman–Crippen LogP) is 20.1. The number of phosphoric acid groups is 2. The van der Waals surface area contributed by atoms with Gasteiger partial charge in [-0.1, -0.05) is 299 Å². The van der Waals surface area contributed by atoms with Gasteiger partial charge in [-0.3, -0.25) is 37.3 Å². The van der Waals surface area contributed by atoms with Crippen molar-refractivity contribution in [3.05, 3.63) is 0 Å². The van der Waals surface area contributed by atoms with Gasteiger partial charge >= 0.3 is 39.5 Å². The molecular weight excluding hydrogens is 1190 g/mol. The van der Waals surface area contributed by atoms with Crippen LogP contribution in [0, 0.1) is 23.7 Å². The van der Waals surface area contributed by atoms with Crippen molar-refractivity contribution in [2.24, 2.45) is 23.7 Å². The molecule has 0 aromatic heterocycles. The van der Waals surface area contributed by atoms with Crippen molar-refractivity contribution in [2.75, 3.05) is 39.6 Å². The van der Waals surface area contributed by atoms with Gasteiger partial charge < -0.3 is 33.8 Å². The topological polar surface area (TPSA) is 237 Å². The van der Waals surface area contributed by atoms with E-state index in [1.807, 2.05) is 0 Å². The lowest BCUT2D eigenvalue weighted by Crippen LogP contribution is -2.30. The Morgan fingerprint density at radius 1 is 0.311 bits per heavy atom. The highest BCUT2D eigenvalue weighted by molar-refractivity contribution is 7.47. The van der Waals surface area contributed by atoms with E-state index in [-0.39, 0.29) is 25.7 Å². The zero-order chi connectivity index (χ0) is 66.8. The Balaban J connectivity index is 5.18. The second kappa shape index (κ2) is 60.7. The Bertz CT molecular complexity index is 1780. The highest BCUT2D eigenvalue weighted by atomic mass is 31.2. The van der Waals surface area contributed by atoms with Crippen LogP contribution in [0.3, 0.4) is 0 Å². The van der Waals surface area contributed by atoms with E-state index in [1.165, 1.54) is 148 Å². The monoisotopic (exact) mass is 1320 g/mol. The van der Waals surface area contributed by atoms with Crippen LogP contribution in [0.1, 0.15) is 351 Å². The first-order chi connectivity index (χ1) is 43.1. The molecule has 6 atom stereocenters. The Kier molecular flexibility index (Phi) is 59.4. The number of carbonyl (C=O) groups excluding carboxylic acids is 4. The summed E-state index contributed by atoms with van der Waals surface area (Å²) in [6, 6.07) is 0. The molecule has 0 bridgehead atoms. The van der Waals surface area contributed by atoms with Crippen molar-refractivity contribution in [3.8, 4) is 0 Å². The van der Waals surface area contributed by atoms with Crippen LogP contribution >= 0.6 is 15.6 Å². The van der Waals surface area contributed by atoms with Crippen LogP contribution in [0.5, 0.6) is 0 Å². The maximum absolute atomic E-state index is 13.0. The van der Waals surface area contributed by atoms with Crippen molar-refractivity contribution in [1.29, 1.82) is 0 Å². The molecule has 0 rings (SSSR count). The molecule has 0 aliphatic heterocycles. The Morgan fingerprint density at radius 2 is 0.533 bits per heavy atom. The second-order valence-corrected chi connectivity index (χ2v) is 30.2. The lowest BCUT2D eigenvalue weighted by Gasteiger charge is -2.21. The number of hydrogen-bond acceptors (Lipinski definition) is 15.